The number of benzene rings is 2. The van der Waals surface area contributed by atoms with Crippen LogP contribution in [0.2, 0.25) is 5.02 Å². The van der Waals surface area contributed by atoms with E-state index in [9.17, 15) is 9.59 Å². The number of halogens is 1. The summed E-state index contributed by atoms with van der Waals surface area (Å²) in [6.45, 7) is 1.81. The van der Waals surface area contributed by atoms with Gasteiger partial charge in [0.15, 0.2) is 11.2 Å². The van der Waals surface area contributed by atoms with Crippen LogP contribution in [0.1, 0.15) is 16.1 Å². The maximum atomic E-state index is 12.6. The number of carbonyl (C=O) groups excluding carboxylic acids is 1. The summed E-state index contributed by atoms with van der Waals surface area (Å²) in [5.41, 5.74) is 0.781. The maximum absolute atomic E-state index is 12.6. The summed E-state index contributed by atoms with van der Waals surface area (Å²) in [7, 11) is 1.61. The van der Waals surface area contributed by atoms with Gasteiger partial charge in [-0.05, 0) is 54.3 Å². The highest BCUT2D eigenvalue weighted by Gasteiger charge is 2.15. The Balaban J connectivity index is 1.68. The van der Waals surface area contributed by atoms with E-state index in [4.69, 9.17) is 20.8 Å². The molecule has 0 spiro atoms. The molecule has 0 saturated heterocycles. The fourth-order valence-corrected chi connectivity index (χ4v) is 3.91. The zero-order chi connectivity index (χ0) is 19.1. The molecule has 27 heavy (non-hydrogen) atoms. The first-order valence-corrected chi connectivity index (χ1v) is 9.27. The largest absolute Gasteiger partial charge is 0.497 e. The van der Waals surface area contributed by atoms with Gasteiger partial charge in [0.05, 0.1) is 17.5 Å². The van der Waals surface area contributed by atoms with Crippen molar-refractivity contribution in [3.63, 3.8) is 0 Å². The third-order valence-corrected chi connectivity index (χ3v) is 5.62. The second-order valence-electron chi connectivity index (χ2n) is 6.04. The van der Waals surface area contributed by atoms with Crippen molar-refractivity contribution in [3.05, 3.63) is 69.0 Å². The number of nitrogens with one attached hydrogen (secondary N) is 1. The predicted octanol–water partition coefficient (Wildman–Crippen LogP) is 5.23. The van der Waals surface area contributed by atoms with Crippen LogP contribution < -0.4 is 15.5 Å². The first kappa shape index (κ1) is 17.6. The Morgan fingerprint density at radius 3 is 2.78 bits per heavy atom. The number of amides is 1. The van der Waals surface area contributed by atoms with E-state index in [0.717, 1.165) is 21.4 Å². The first-order chi connectivity index (χ1) is 12.9. The molecule has 0 radical (unpaired) electrons. The Kier molecular flexibility index (Phi) is 4.37. The van der Waals surface area contributed by atoms with Crippen LogP contribution in [0.5, 0.6) is 5.75 Å². The molecule has 2 heterocycles. The lowest BCUT2D eigenvalue weighted by Gasteiger charge is -2.05. The van der Waals surface area contributed by atoms with Crippen LogP contribution in [0.25, 0.3) is 21.1 Å². The van der Waals surface area contributed by atoms with Crippen molar-refractivity contribution in [2.24, 2.45) is 0 Å². The highest BCUT2D eigenvalue weighted by atomic mass is 35.5. The van der Waals surface area contributed by atoms with Crippen LogP contribution in [0, 0.1) is 6.92 Å². The first-order valence-electron chi connectivity index (χ1n) is 8.07. The number of thiophene rings is 1. The van der Waals surface area contributed by atoms with Gasteiger partial charge in [-0.2, -0.15) is 0 Å². The van der Waals surface area contributed by atoms with Gasteiger partial charge in [0.2, 0.25) is 0 Å². The van der Waals surface area contributed by atoms with Gasteiger partial charge >= 0.3 is 0 Å². The van der Waals surface area contributed by atoms with Gasteiger partial charge in [-0.1, -0.05) is 11.6 Å². The van der Waals surface area contributed by atoms with Crippen molar-refractivity contribution >= 4 is 54.9 Å². The minimum Gasteiger partial charge on any atom is -0.497 e. The molecule has 0 unspecified atom stereocenters. The zero-order valence-corrected chi connectivity index (χ0v) is 16.0. The summed E-state index contributed by atoms with van der Waals surface area (Å²) in [5.74, 6) is 0.209. The van der Waals surface area contributed by atoms with Crippen LogP contribution in [-0.2, 0) is 0 Å². The molecular formula is C20H14ClNO4S. The Morgan fingerprint density at radius 1 is 1.19 bits per heavy atom. The molecule has 1 amide bonds. The van der Waals surface area contributed by atoms with Gasteiger partial charge in [0.1, 0.15) is 11.3 Å². The number of anilines is 1. The minimum atomic E-state index is -0.486. The van der Waals surface area contributed by atoms with Gasteiger partial charge < -0.3 is 14.5 Å². The van der Waals surface area contributed by atoms with E-state index in [1.807, 2.05) is 24.3 Å². The normalized spacial score (nSPS) is 11.1. The van der Waals surface area contributed by atoms with Crippen molar-refractivity contribution in [2.45, 2.75) is 6.92 Å². The SMILES string of the molecule is COc1ccc2cc(NC(=O)c3cc(=O)c4cc(Cl)c(C)cc4o3)sc2c1. The molecule has 1 N–H and O–H groups in total. The molecule has 7 heteroatoms. The van der Waals surface area contributed by atoms with E-state index in [1.54, 1.807) is 26.2 Å². The summed E-state index contributed by atoms with van der Waals surface area (Å²) in [5, 5.41) is 5.24. The van der Waals surface area contributed by atoms with E-state index in [-0.39, 0.29) is 11.2 Å². The molecule has 0 fully saturated rings. The Labute approximate surface area is 163 Å². The molecule has 4 aromatic rings. The molecule has 0 aliphatic heterocycles. The van der Waals surface area contributed by atoms with Crippen LogP contribution in [0.4, 0.5) is 5.00 Å². The Bertz CT molecular complexity index is 1260. The second-order valence-corrected chi connectivity index (χ2v) is 7.53. The highest BCUT2D eigenvalue weighted by Crippen LogP contribution is 2.32. The number of rotatable bonds is 3. The number of fused-ring (bicyclic) bond motifs is 2. The van der Waals surface area contributed by atoms with Crippen molar-refractivity contribution < 1.29 is 13.9 Å². The van der Waals surface area contributed by atoms with Gasteiger partial charge in [0.25, 0.3) is 5.91 Å². The fourth-order valence-electron chi connectivity index (χ4n) is 2.76. The van der Waals surface area contributed by atoms with Crippen molar-refractivity contribution in [2.75, 3.05) is 12.4 Å². The van der Waals surface area contributed by atoms with Crippen molar-refractivity contribution in [1.29, 1.82) is 0 Å². The van der Waals surface area contributed by atoms with Gasteiger partial charge in [-0.25, -0.2) is 0 Å². The predicted molar refractivity (Wildman–Crippen MR) is 109 cm³/mol. The van der Waals surface area contributed by atoms with Crippen LogP contribution in [-0.4, -0.2) is 13.0 Å². The van der Waals surface area contributed by atoms with Gasteiger partial charge in [-0.15, -0.1) is 11.3 Å². The third-order valence-electron chi connectivity index (χ3n) is 4.20. The smallest absolute Gasteiger partial charge is 0.292 e. The minimum absolute atomic E-state index is 0.0516. The standard InChI is InChI=1S/C20H14ClNO4S/c1-10-5-16-13(8-14(10)21)15(23)9-17(26-16)20(24)22-19-6-11-3-4-12(25-2)7-18(11)27-19/h3-9H,1-2H3,(H,22,24). The van der Waals surface area contributed by atoms with Crippen LogP contribution in [0.15, 0.2) is 51.7 Å². The van der Waals surface area contributed by atoms with Gasteiger partial charge in [-0.3, -0.25) is 9.59 Å². The molecule has 4 rings (SSSR count). The molecule has 0 saturated carbocycles. The third kappa shape index (κ3) is 3.29. The van der Waals surface area contributed by atoms with E-state index < -0.39 is 5.91 Å². The number of hydrogen-bond donors (Lipinski definition) is 1. The van der Waals surface area contributed by atoms with E-state index in [1.165, 1.54) is 17.4 Å². The monoisotopic (exact) mass is 399 g/mol. The lowest BCUT2D eigenvalue weighted by molar-refractivity contribution is 0.0997. The number of hydrogen-bond acceptors (Lipinski definition) is 5. The summed E-state index contributed by atoms with van der Waals surface area (Å²) < 4.78 is 11.8. The maximum Gasteiger partial charge on any atom is 0.292 e. The molecule has 2 aromatic heterocycles. The average molecular weight is 400 g/mol. The molecule has 136 valence electrons. The number of methoxy groups -OCH3 is 1. The Morgan fingerprint density at radius 2 is 2.00 bits per heavy atom. The molecule has 5 nitrogen and oxygen atoms in total. The summed E-state index contributed by atoms with van der Waals surface area (Å²) >= 11 is 7.48. The van der Waals surface area contributed by atoms with Gasteiger partial charge in [0, 0.05) is 15.8 Å². The summed E-state index contributed by atoms with van der Waals surface area (Å²) in [6.07, 6.45) is 0. The average Bonchev–Trinajstić information content (AvgIpc) is 3.04. The van der Waals surface area contributed by atoms with E-state index in [0.29, 0.717) is 21.0 Å². The lowest BCUT2D eigenvalue weighted by atomic mass is 10.1. The molecule has 0 bridgehead atoms. The molecule has 2 aromatic carbocycles. The molecule has 0 aliphatic rings. The molecule has 0 aliphatic carbocycles. The highest BCUT2D eigenvalue weighted by molar-refractivity contribution is 7.23. The topological polar surface area (TPSA) is 68.5 Å². The molecular weight excluding hydrogens is 386 g/mol. The Hall–Kier alpha value is -2.83. The van der Waals surface area contributed by atoms with E-state index >= 15 is 0 Å². The van der Waals surface area contributed by atoms with Crippen LogP contribution >= 0.6 is 22.9 Å². The molecule has 0 atom stereocenters. The summed E-state index contributed by atoms with van der Waals surface area (Å²) in [6, 6.07) is 11.9. The van der Waals surface area contributed by atoms with E-state index in [2.05, 4.69) is 5.32 Å². The lowest BCUT2D eigenvalue weighted by Crippen LogP contribution is -2.14. The number of ether oxygens (including phenoxy) is 1. The zero-order valence-electron chi connectivity index (χ0n) is 14.5. The second kappa shape index (κ2) is 6.72. The van der Waals surface area contributed by atoms with Crippen molar-refractivity contribution in [3.8, 4) is 5.75 Å². The number of carbonyl (C=O) groups is 1. The fraction of sp³-hybridized carbons (Fsp3) is 0.100. The summed E-state index contributed by atoms with van der Waals surface area (Å²) in [4.78, 5) is 24.9. The number of aryl methyl sites for hydroxylation is 1. The van der Waals surface area contributed by atoms with Crippen molar-refractivity contribution in [1.82, 2.24) is 0 Å². The quantitative estimate of drug-likeness (QED) is 0.512. The van der Waals surface area contributed by atoms with Crippen LogP contribution in [0.3, 0.4) is 0 Å².